The molecule has 0 bridgehead atoms. The van der Waals surface area contributed by atoms with E-state index in [0.29, 0.717) is 15.9 Å². The zero-order valence-corrected chi connectivity index (χ0v) is 13.4. The minimum Gasteiger partial charge on any atom is -0.466 e. The van der Waals surface area contributed by atoms with Gasteiger partial charge in [-0.3, -0.25) is 4.79 Å². The fourth-order valence-electron chi connectivity index (χ4n) is 1.84. The van der Waals surface area contributed by atoms with Gasteiger partial charge in [0.1, 0.15) is 0 Å². The Morgan fingerprint density at radius 1 is 1.29 bits per heavy atom. The molecule has 0 aliphatic rings. The molecule has 0 aliphatic heterocycles. The summed E-state index contributed by atoms with van der Waals surface area (Å²) in [6.07, 6.45) is 0. The fraction of sp³-hybridized carbons (Fsp3) is 0.0714. The first-order valence-electron chi connectivity index (χ1n) is 6.05. The highest BCUT2D eigenvalue weighted by Crippen LogP contribution is 2.26. The molecule has 5 nitrogen and oxygen atoms in total. The first-order chi connectivity index (χ1) is 10.2. The smallest absolute Gasteiger partial charge is 0.336 e. The second-order valence-corrected chi connectivity index (χ2v) is 5.90. The molecule has 0 N–H and O–H groups in total. The zero-order chi connectivity index (χ0) is 14.8. The molecule has 0 atom stereocenters. The first-order valence-corrected chi connectivity index (χ1v) is 7.72. The van der Waals surface area contributed by atoms with Crippen LogP contribution in [0.1, 0.15) is 10.4 Å². The number of methoxy groups -OCH3 is 1. The van der Waals surface area contributed by atoms with Crippen molar-refractivity contribution in [3.63, 3.8) is 0 Å². The van der Waals surface area contributed by atoms with Crippen molar-refractivity contribution >= 4 is 33.2 Å². The van der Waals surface area contributed by atoms with E-state index in [1.165, 1.54) is 23.1 Å². The van der Waals surface area contributed by atoms with Gasteiger partial charge in [-0.15, -0.1) is 16.4 Å². The Morgan fingerprint density at radius 3 is 2.76 bits per heavy atom. The molecule has 0 spiro atoms. The van der Waals surface area contributed by atoms with Crippen LogP contribution in [0.4, 0.5) is 0 Å². The number of halogens is 1. The quantitative estimate of drug-likeness (QED) is 0.714. The van der Waals surface area contributed by atoms with Crippen molar-refractivity contribution in [1.29, 1.82) is 0 Å². The Bertz CT molecular complexity index is 783. The predicted molar refractivity (Wildman–Crippen MR) is 83.8 cm³/mol. The van der Waals surface area contributed by atoms with E-state index in [1.807, 2.05) is 29.6 Å². The van der Waals surface area contributed by atoms with Crippen LogP contribution >= 0.6 is 27.3 Å². The van der Waals surface area contributed by atoms with Gasteiger partial charge in [0.05, 0.1) is 17.6 Å². The van der Waals surface area contributed by atoms with Crippen molar-refractivity contribution in [2.75, 3.05) is 7.11 Å². The third-order valence-corrected chi connectivity index (χ3v) is 4.37. The van der Waals surface area contributed by atoms with E-state index in [4.69, 9.17) is 4.74 Å². The summed E-state index contributed by atoms with van der Waals surface area (Å²) in [5.74, 6) is 0.212. The van der Waals surface area contributed by atoms with Gasteiger partial charge in [0.2, 0.25) is 0 Å². The largest absolute Gasteiger partial charge is 0.466 e. The number of aromatic nitrogens is 3. The van der Waals surface area contributed by atoms with Crippen molar-refractivity contribution in [3.8, 4) is 16.7 Å². The summed E-state index contributed by atoms with van der Waals surface area (Å²) in [6, 6.07) is 11.1. The monoisotopic (exact) mass is 363 g/mol. The molecule has 0 radical (unpaired) electrons. The molecular weight excluding hydrogens is 354 g/mol. The van der Waals surface area contributed by atoms with Gasteiger partial charge in [-0.1, -0.05) is 18.2 Å². The molecule has 7 heteroatoms. The molecule has 2 aromatic heterocycles. The summed E-state index contributed by atoms with van der Waals surface area (Å²) in [5.41, 5.74) is 0.517. The van der Waals surface area contributed by atoms with Crippen LogP contribution in [0, 0.1) is 0 Å². The maximum absolute atomic E-state index is 12.7. The van der Waals surface area contributed by atoms with E-state index in [1.54, 1.807) is 12.1 Å². The standard InChI is InChI=1S/C14H10BrN3O2S/c1-20-14-16-12(11-7-4-8-21-11)18(17-14)13(19)9-5-2-3-6-10(9)15/h2-8H,1H3. The summed E-state index contributed by atoms with van der Waals surface area (Å²) < 4.78 is 7.03. The van der Waals surface area contributed by atoms with Crippen LogP contribution in [0.15, 0.2) is 46.3 Å². The third kappa shape index (κ3) is 2.62. The Morgan fingerprint density at radius 2 is 2.10 bits per heavy atom. The number of rotatable bonds is 3. The maximum atomic E-state index is 12.7. The lowest BCUT2D eigenvalue weighted by Crippen LogP contribution is -2.15. The minimum atomic E-state index is -0.262. The SMILES string of the molecule is COc1nc(-c2cccs2)n(C(=O)c2ccccc2Br)n1. The van der Waals surface area contributed by atoms with Gasteiger partial charge >= 0.3 is 6.01 Å². The summed E-state index contributed by atoms with van der Waals surface area (Å²) in [6.45, 7) is 0. The second-order valence-electron chi connectivity index (χ2n) is 4.10. The van der Waals surface area contributed by atoms with Crippen LogP contribution in [-0.4, -0.2) is 27.8 Å². The number of carbonyl (C=O) groups is 1. The number of benzene rings is 1. The van der Waals surface area contributed by atoms with E-state index in [9.17, 15) is 4.79 Å². The van der Waals surface area contributed by atoms with Crippen LogP contribution < -0.4 is 4.74 Å². The molecule has 0 aliphatic carbocycles. The van der Waals surface area contributed by atoms with Crippen molar-refractivity contribution in [1.82, 2.24) is 14.8 Å². The molecule has 0 saturated heterocycles. The van der Waals surface area contributed by atoms with Crippen molar-refractivity contribution < 1.29 is 9.53 Å². The van der Waals surface area contributed by atoms with E-state index in [0.717, 1.165) is 4.88 Å². The zero-order valence-electron chi connectivity index (χ0n) is 11.0. The molecule has 3 aromatic rings. The topological polar surface area (TPSA) is 57.0 Å². The first kappa shape index (κ1) is 14.0. The van der Waals surface area contributed by atoms with Gasteiger partial charge in [0.25, 0.3) is 5.91 Å². The van der Waals surface area contributed by atoms with Gasteiger partial charge in [-0.25, -0.2) is 0 Å². The number of nitrogens with zero attached hydrogens (tertiary/aromatic N) is 3. The van der Waals surface area contributed by atoms with Gasteiger partial charge < -0.3 is 4.74 Å². The lowest BCUT2D eigenvalue weighted by molar-refractivity contribution is 0.0944. The number of ether oxygens (including phenoxy) is 1. The van der Waals surface area contributed by atoms with Gasteiger partial charge in [-0.05, 0) is 39.5 Å². The van der Waals surface area contributed by atoms with E-state index < -0.39 is 0 Å². The van der Waals surface area contributed by atoms with E-state index in [-0.39, 0.29) is 11.9 Å². The third-order valence-electron chi connectivity index (χ3n) is 2.81. The van der Waals surface area contributed by atoms with Crippen LogP contribution in [0.2, 0.25) is 0 Å². The number of thiophene rings is 1. The minimum absolute atomic E-state index is 0.166. The van der Waals surface area contributed by atoms with Gasteiger partial charge in [-0.2, -0.15) is 9.67 Å². The molecule has 0 saturated carbocycles. The average molecular weight is 364 g/mol. The molecule has 0 unspecified atom stereocenters. The highest BCUT2D eigenvalue weighted by Gasteiger charge is 2.21. The van der Waals surface area contributed by atoms with Crippen molar-refractivity contribution in [3.05, 3.63) is 51.8 Å². The second kappa shape index (κ2) is 5.79. The Kier molecular flexibility index (Phi) is 3.85. The summed E-state index contributed by atoms with van der Waals surface area (Å²) in [4.78, 5) is 17.8. The Balaban J connectivity index is 2.12. The van der Waals surface area contributed by atoms with Crippen LogP contribution in [0.3, 0.4) is 0 Å². The molecule has 3 rings (SSSR count). The van der Waals surface area contributed by atoms with E-state index in [2.05, 4.69) is 26.0 Å². The average Bonchev–Trinajstić information content (AvgIpc) is 3.15. The fourth-order valence-corrected chi connectivity index (χ4v) is 2.99. The van der Waals surface area contributed by atoms with Crippen LogP contribution in [0.25, 0.3) is 10.7 Å². The maximum Gasteiger partial charge on any atom is 0.336 e. The van der Waals surface area contributed by atoms with Crippen LogP contribution in [0.5, 0.6) is 6.01 Å². The lowest BCUT2D eigenvalue weighted by atomic mass is 10.2. The summed E-state index contributed by atoms with van der Waals surface area (Å²) >= 11 is 4.87. The normalized spacial score (nSPS) is 10.6. The van der Waals surface area contributed by atoms with Crippen LogP contribution in [-0.2, 0) is 0 Å². The van der Waals surface area contributed by atoms with E-state index >= 15 is 0 Å². The lowest BCUT2D eigenvalue weighted by Gasteiger charge is -2.04. The number of carbonyl (C=O) groups excluding carboxylic acids is 1. The number of hydrogen-bond donors (Lipinski definition) is 0. The number of hydrogen-bond acceptors (Lipinski definition) is 5. The molecule has 0 amide bonds. The molecule has 1 aromatic carbocycles. The molecular formula is C14H10BrN3O2S. The van der Waals surface area contributed by atoms with Gasteiger partial charge in [0.15, 0.2) is 5.82 Å². The van der Waals surface area contributed by atoms with Crippen molar-refractivity contribution in [2.24, 2.45) is 0 Å². The molecule has 106 valence electrons. The molecule has 21 heavy (non-hydrogen) atoms. The Labute approximate surface area is 133 Å². The summed E-state index contributed by atoms with van der Waals surface area (Å²) in [5, 5.41) is 6.04. The predicted octanol–water partition coefficient (Wildman–Crippen LogP) is 3.47. The summed E-state index contributed by atoms with van der Waals surface area (Å²) in [7, 11) is 1.47. The Hall–Kier alpha value is -1.99. The van der Waals surface area contributed by atoms with Crippen molar-refractivity contribution in [2.45, 2.75) is 0 Å². The highest BCUT2D eigenvalue weighted by atomic mass is 79.9. The molecule has 2 heterocycles. The molecule has 0 fully saturated rings. The highest BCUT2D eigenvalue weighted by molar-refractivity contribution is 9.10. The van der Waals surface area contributed by atoms with Gasteiger partial charge in [0, 0.05) is 4.47 Å².